The summed E-state index contributed by atoms with van der Waals surface area (Å²) in [4.78, 5) is 22.1. The first kappa shape index (κ1) is 16.5. The summed E-state index contributed by atoms with van der Waals surface area (Å²) < 4.78 is 2.14. The molecule has 1 fully saturated rings. The van der Waals surface area contributed by atoms with Gasteiger partial charge >= 0.3 is 0 Å². The molecule has 24 heavy (non-hydrogen) atoms. The molecule has 3 N–H and O–H groups in total. The molecule has 2 amide bonds. The van der Waals surface area contributed by atoms with Gasteiger partial charge in [0.25, 0.3) is 0 Å². The summed E-state index contributed by atoms with van der Waals surface area (Å²) in [6.45, 7) is 2.50. The van der Waals surface area contributed by atoms with Crippen LogP contribution in [0.5, 0.6) is 0 Å². The third-order valence-electron chi connectivity index (χ3n) is 4.66. The maximum absolute atomic E-state index is 11.9. The third kappa shape index (κ3) is 3.59. The number of rotatable bonds is 6. The lowest BCUT2D eigenvalue weighted by atomic mass is 9.90. The van der Waals surface area contributed by atoms with E-state index in [1.165, 1.54) is 23.8 Å². The van der Waals surface area contributed by atoms with Gasteiger partial charge < -0.3 is 20.5 Å². The Morgan fingerprint density at radius 3 is 2.92 bits per heavy atom. The normalized spacial score (nSPS) is 15.4. The highest BCUT2D eigenvalue weighted by Gasteiger charge is 2.19. The molecule has 0 atom stereocenters. The van der Waals surface area contributed by atoms with Crippen LogP contribution in [0.1, 0.15) is 30.7 Å². The van der Waals surface area contributed by atoms with Crippen molar-refractivity contribution in [3.8, 4) is 0 Å². The molecule has 0 aliphatic carbocycles. The van der Waals surface area contributed by atoms with E-state index >= 15 is 0 Å². The zero-order chi connectivity index (χ0) is 16.9. The van der Waals surface area contributed by atoms with Gasteiger partial charge in [0, 0.05) is 37.3 Å². The van der Waals surface area contributed by atoms with Crippen LogP contribution >= 0.6 is 0 Å². The number of aryl methyl sites for hydroxylation is 1. The monoisotopic (exact) mass is 328 g/mol. The average molecular weight is 328 g/mol. The van der Waals surface area contributed by atoms with Crippen molar-refractivity contribution >= 4 is 28.9 Å². The summed E-state index contributed by atoms with van der Waals surface area (Å²) >= 11 is 0. The number of nitrogens with zero attached hydrogens (tertiary/aromatic N) is 1. The molecular weight excluding hydrogens is 304 g/mol. The fourth-order valence-electron chi connectivity index (χ4n) is 3.42. The zero-order valence-corrected chi connectivity index (χ0v) is 14.0. The summed E-state index contributed by atoms with van der Waals surface area (Å²) in [5.74, 6) is 0.501. The summed E-state index contributed by atoms with van der Waals surface area (Å²) in [7, 11) is 2.05. The SMILES string of the molecule is Cn1cc(C2CCNCC2)c2ccc(NC(=O)CCNC=O)cc21. The maximum Gasteiger partial charge on any atom is 0.226 e. The first-order chi connectivity index (χ1) is 11.7. The van der Waals surface area contributed by atoms with Crippen LogP contribution in [0.2, 0.25) is 0 Å². The summed E-state index contributed by atoms with van der Waals surface area (Å²) in [6, 6.07) is 6.08. The van der Waals surface area contributed by atoms with Crippen molar-refractivity contribution in [3.63, 3.8) is 0 Å². The van der Waals surface area contributed by atoms with E-state index in [0.29, 0.717) is 18.9 Å². The van der Waals surface area contributed by atoms with Crippen molar-refractivity contribution in [3.05, 3.63) is 30.0 Å². The number of anilines is 1. The Morgan fingerprint density at radius 1 is 1.38 bits per heavy atom. The van der Waals surface area contributed by atoms with Gasteiger partial charge in [-0.3, -0.25) is 9.59 Å². The van der Waals surface area contributed by atoms with Crippen LogP contribution in [-0.4, -0.2) is 36.5 Å². The molecule has 128 valence electrons. The Labute approximate surface area is 141 Å². The van der Waals surface area contributed by atoms with Gasteiger partial charge in [-0.1, -0.05) is 6.07 Å². The van der Waals surface area contributed by atoms with Gasteiger partial charge in [0.15, 0.2) is 0 Å². The van der Waals surface area contributed by atoms with Crippen LogP contribution in [-0.2, 0) is 16.6 Å². The van der Waals surface area contributed by atoms with Crippen LogP contribution in [0.3, 0.4) is 0 Å². The lowest BCUT2D eigenvalue weighted by Crippen LogP contribution is -2.26. The Balaban J connectivity index is 1.77. The molecule has 3 rings (SSSR count). The second kappa shape index (κ2) is 7.49. The summed E-state index contributed by atoms with van der Waals surface area (Å²) in [5, 5.41) is 10.1. The van der Waals surface area contributed by atoms with Gasteiger partial charge in [-0.15, -0.1) is 0 Å². The first-order valence-corrected chi connectivity index (χ1v) is 8.45. The lowest BCUT2D eigenvalue weighted by molar-refractivity contribution is -0.116. The summed E-state index contributed by atoms with van der Waals surface area (Å²) in [6.07, 6.45) is 5.43. The van der Waals surface area contributed by atoms with E-state index in [1.807, 2.05) is 19.2 Å². The van der Waals surface area contributed by atoms with Gasteiger partial charge in [0.2, 0.25) is 12.3 Å². The molecule has 1 saturated heterocycles. The fraction of sp³-hybridized carbons (Fsp3) is 0.444. The highest BCUT2D eigenvalue weighted by atomic mass is 16.1. The topological polar surface area (TPSA) is 75.2 Å². The van der Waals surface area contributed by atoms with Gasteiger partial charge in [-0.2, -0.15) is 0 Å². The molecule has 0 unspecified atom stereocenters. The van der Waals surface area contributed by atoms with Crippen LogP contribution in [0.4, 0.5) is 5.69 Å². The number of fused-ring (bicyclic) bond motifs is 1. The molecule has 6 nitrogen and oxygen atoms in total. The highest BCUT2D eigenvalue weighted by molar-refractivity contribution is 5.94. The van der Waals surface area contributed by atoms with E-state index in [0.717, 1.165) is 24.3 Å². The van der Waals surface area contributed by atoms with Crippen molar-refractivity contribution < 1.29 is 9.59 Å². The van der Waals surface area contributed by atoms with Gasteiger partial charge in [-0.25, -0.2) is 0 Å². The molecule has 1 aliphatic heterocycles. The van der Waals surface area contributed by atoms with E-state index in [2.05, 4.69) is 32.8 Å². The predicted octanol–water partition coefficient (Wildman–Crippen LogP) is 1.72. The highest BCUT2D eigenvalue weighted by Crippen LogP contribution is 2.33. The number of carbonyl (C=O) groups excluding carboxylic acids is 2. The number of aromatic nitrogens is 1. The minimum atomic E-state index is -0.100. The van der Waals surface area contributed by atoms with Crippen molar-refractivity contribution in [2.24, 2.45) is 7.05 Å². The van der Waals surface area contributed by atoms with Gasteiger partial charge in [0.05, 0.1) is 5.52 Å². The molecule has 2 aromatic rings. The number of nitrogens with one attached hydrogen (secondary N) is 3. The van der Waals surface area contributed by atoms with Crippen LogP contribution in [0, 0.1) is 0 Å². The fourth-order valence-corrected chi connectivity index (χ4v) is 3.42. The van der Waals surface area contributed by atoms with Crippen molar-refractivity contribution in [2.45, 2.75) is 25.2 Å². The van der Waals surface area contributed by atoms with E-state index in [4.69, 9.17) is 0 Å². The Bertz CT molecular complexity index is 732. The molecule has 0 spiro atoms. The van der Waals surface area contributed by atoms with Crippen LogP contribution < -0.4 is 16.0 Å². The molecule has 6 heteroatoms. The maximum atomic E-state index is 11.9. The minimum Gasteiger partial charge on any atom is -0.358 e. The van der Waals surface area contributed by atoms with E-state index < -0.39 is 0 Å². The second-order valence-corrected chi connectivity index (χ2v) is 6.32. The van der Waals surface area contributed by atoms with Crippen molar-refractivity contribution in [1.82, 2.24) is 15.2 Å². The van der Waals surface area contributed by atoms with Crippen LogP contribution in [0.15, 0.2) is 24.4 Å². The number of benzene rings is 1. The number of amides is 2. The summed E-state index contributed by atoms with van der Waals surface area (Å²) in [5.41, 5.74) is 3.33. The van der Waals surface area contributed by atoms with Crippen molar-refractivity contribution in [2.75, 3.05) is 25.0 Å². The van der Waals surface area contributed by atoms with Gasteiger partial charge in [0.1, 0.15) is 0 Å². The Hall–Kier alpha value is -2.34. The average Bonchev–Trinajstić information content (AvgIpc) is 2.92. The van der Waals surface area contributed by atoms with E-state index in [1.54, 1.807) is 0 Å². The smallest absolute Gasteiger partial charge is 0.226 e. The van der Waals surface area contributed by atoms with Crippen molar-refractivity contribution in [1.29, 1.82) is 0 Å². The largest absolute Gasteiger partial charge is 0.358 e. The van der Waals surface area contributed by atoms with Gasteiger partial charge in [-0.05, 0) is 49.5 Å². The number of carbonyl (C=O) groups is 2. The second-order valence-electron chi connectivity index (χ2n) is 6.32. The predicted molar refractivity (Wildman–Crippen MR) is 95.1 cm³/mol. The molecular formula is C18H24N4O2. The Morgan fingerprint density at radius 2 is 2.17 bits per heavy atom. The molecule has 0 saturated carbocycles. The van der Waals surface area contributed by atoms with E-state index in [-0.39, 0.29) is 12.3 Å². The number of piperidine rings is 1. The molecule has 1 aromatic carbocycles. The minimum absolute atomic E-state index is 0.100. The molecule has 0 bridgehead atoms. The van der Waals surface area contributed by atoms with Crippen LogP contribution in [0.25, 0.3) is 10.9 Å². The molecule has 1 aliphatic rings. The standard InChI is InChI=1S/C18H24N4O2/c1-22-11-16(13-4-7-19-8-5-13)15-3-2-14(10-17(15)22)21-18(24)6-9-20-12-23/h2-3,10-13,19H,4-9H2,1H3,(H,20,23)(H,21,24). The number of hydrogen-bond donors (Lipinski definition) is 3. The molecule has 0 radical (unpaired) electrons. The zero-order valence-electron chi connectivity index (χ0n) is 14.0. The quantitative estimate of drug-likeness (QED) is 0.558. The molecule has 2 heterocycles. The van der Waals surface area contributed by atoms with E-state index in [9.17, 15) is 9.59 Å². The molecule has 1 aromatic heterocycles. The Kier molecular flexibility index (Phi) is 5.15. The lowest BCUT2D eigenvalue weighted by Gasteiger charge is -2.22. The third-order valence-corrected chi connectivity index (χ3v) is 4.66. The number of hydrogen-bond acceptors (Lipinski definition) is 3. The first-order valence-electron chi connectivity index (χ1n) is 8.45.